The van der Waals surface area contributed by atoms with E-state index in [4.69, 9.17) is 0 Å². The second-order valence-corrected chi connectivity index (χ2v) is 5.51. The lowest BCUT2D eigenvalue weighted by Gasteiger charge is -2.09. The summed E-state index contributed by atoms with van der Waals surface area (Å²) < 4.78 is 63.9. The van der Waals surface area contributed by atoms with Crippen LogP contribution in [0.4, 0.5) is 13.2 Å². The molecule has 0 atom stereocenters. The van der Waals surface area contributed by atoms with Crippen LogP contribution in [0.2, 0.25) is 0 Å². The topological polar surface area (TPSA) is 55.4 Å². The molecule has 18 heavy (non-hydrogen) atoms. The van der Waals surface area contributed by atoms with Gasteiger partial charge in [0.05, 0.1) is 5.75 Å². The third-order valence-corrected chi connectivity index (χ3v) is 3.38. The van der Waals surface area contributed by atoms with Crippen LogP contribution in [0.5, 0.6) is 5.75 Å². The summed E-state index contributed by atoms with van der Waals surface area (Å²) in [5.41, 5.74) is 0.543. The SMILES string of the molecule is CCS(=O)(=O)NCc1ccc(OC(F)(F)F)cc1. The molecule has 8 heteroatoms. The lowest BCUT2D eigenvalue weighted by atomic mass is 10.2. The highest BCUT2D eigenvalue weighted by Crippen LogP contribution is 2.22. The predicted octanol–water partition coefficient (Wildman–Crippen LogP) is 2.02. The smallest absolute Gasteiger partial charge is 0.406 e. The van der Waals surface area contributed by atoms with E-state index in [1.165, 1.54) is 19.1 Å². The van der Waals surface area contributed by atoms with Crippen molar-refractivity contribution in [1.29, 1.82) is 0 Å². The van der Waals surface area contributed by atoms with Crippen molar-refractivity contribution in [3.8, 4) is 5.75 Å². The van der Waals surface area contributed by atoms with Gasteiger partial charge in [-0.3, -0.25) is 0 Å². The van der Waals surface area contributed by atoms with Crippen molar-refractivity contribution in [2.24, 2.45) is 0 Å². The van der Waals surface area contributed by atoms with Gasteiger partial charge in [-0.25, -0.2) is 13.1 Å². The molecule has 0 spiro atoms. The summed E-state index contributed by atoms with van der Waals surface area (Å²) >= 11 is 0. The average Bonchev–Trinajstić information content (AvgIpc) is 2.26. The molecule has 0 radical (unpaired) electrons. The predicted molar refractivity (Wildman–Crippen MR) is 59.4 cm³/mol. The Labute approximate surface area is 103 Å². The normalized spacial score (nSPS) is 12.4. The maximum atomic E-state index is 11.9. The standard InChI is InChI=1S/C10H12F3NO3S/c1-2-18(15,16)14-7-8-3-5-9(6-4-8)17-10(11,12)13/h3-6,14H,2,7H2,1H3. The van der Waals surface area contributed by atoms with Crippen LogP contribution in [0.3, 0.4) is 0 Å². The summed E-state index contributed by atoms with van der Waals surface area (Å²) in [7, 11) is -3.32. The molecule has 0 saturated carbocycles. The minimum absolute atomic E-state index is 0.0302. The van der Waals surface area contributed by atoms with E-state index < -0.39 is 16.4 Å². The summed E-state index contributed by atoms with van der Waals surface area (Å²) in [5.74, 6) is -0.396. The fourth-order valence-corrected chi connectivity index (χ4v) is 1.70. The third kappa shape index (κ3) is 5.37. The Kier molecular flexibility index (Phi) is 4.58. The Balaban J connectivity index is 2.61. The van der Waals surface area contributed by atoms with Crippen molar-refractivity contribution in [3.05, 3.63) is 29.8 Å². The quantitative estimate of drug-likeness (QED) is 0.899. The molecule has 0 aliphatic heterocycles. The largest absolute Gasteiger partial charge is 0.573 e. The maximum absolute atomic E-state index is 11.9. The van der Waals surface area contributed by atoms with E-state index in [-0.39, 0.29) is 18.0 Å². The fourth-order valence-electron chi connectivity index (χ4n) is 1.10. The van der Waals surface area contributed by atoms with Crippen LogP contribution < -0.4 is 9.46 Å². The van der Waals surface area contributed by atoms with Gasteiger partial charge in [0.2, 0.25) is 10.0 Å². The molecule has 0 bridgehead atoms. The van der Waals surface area contributed by atoms with Gasteiger partial charge in [0.25, 0.3) is 0 Å². The van der Waals surface area contributed by atoms with Crippen LogP contribution in [0.15, 0.2) is 24.3 Å². The Bertz CT molecular complexity index is 482. The van der Waals surface area contributed by atoms with Crippen LogP contribution in [0.25, 0.3) is 0 Å². The van der Waals surface area contributed by atoms with Gasteiger partial charge in [0.1, 0.15) is 5.75 Å². The van der Waals surface area contributed by atoms with E-state index in [9.17, 15) is 21.6 Å². The molecule has 0 aliphatic carbocycles. The van der Waals surface area contributed by atoms with Crippen molar-refractivity contribution in [1.82, 2.24) is 4.72 Å². The van der Waals surface area contributed by atoms with Gasteiger partial charge in [0.15, 0.2) is 0 Å². The monoisotopic (exact) mass is 283 g/mol. The van der Waals surface area contributed by atoms with E-state index in [0.717, 1.165) is 12.1 Å². The number of benzene rings is 1. The number of nitrogens with one attached hydrogen (secondary N) is 1. The first-order valence-electron chi connectivity index (χ1n) is 5.04. The molecule has 0 fully saturated rings. The summed E-state index contributed by atoms with van der Waals surface area (Å²) in [6.07, 6.45) is -4.73. The van der Waals surface area contributed by atoms with Crippen LogP contribution in [-0.2, 0) is 16.6 Å². The first-order chi connectivity index (χ1) is 8.22. The summed E-state index contributed by atoms with van der Waals surface area (Å²) in [5, 5.41) is 0. The van der Waals surface area contributed by atoms with Crippen molar-refractivity contribution >= 4 is 10.0 Å². The number of ether oxygens (including phenoxy) is 1. The molecule has 102 valence electrons. The Morgan fingerprint density at radius 3 is 2.22 bits per heavy atom. The van der Waals surface area contributed by atoms with Crippen LogP contribution in [0.1, 0.15) is 12.5 Å². The van der Waals surface area contributed by atoms with E-state index in [1.807, 2.05) is 0 Å². The van der Waals surface area contributed by atoms with E-state index in [1.54, 1.807) is 0 Å². The molecule has 0 aromatic heterocycles. The van der Waals surface area contributed by atoms with Crippen LogP contribution in [0, 0.1) is 0 Å². The molecule has 1 N–H and O–H groups in total. The first kappa shape index (κ1) is 14.8. The Hall–Kier alpha value is -1.28. The third-order valence-electron chi connectivity index (χ3n) is 2.03. The van der Waals surface area contributed by atoms with Gasteiger partial charge in [-0.1, -0.05) is 12.1 Å². The number of halogens is 3. The minimum Gasteiger partial charge on any atom is -0.406 e. The number of hydrogen-bond donors (Lipinski definition) is 1. The number of sulfonamides is 1. The van der Waals surface area contributed by atoms with Gasteiger partial charge in [-0.2, -0.15) is 0 Å². The molecule has 1 rings (SSSR count). The van der Waals surface area contributed by atoms with Crippen molar-refractivity contribution in [2.75, 3.05) is 5.75 Å². The molecule has 0 amide bonds. The average molecular weight is 283 g/mol. The van der Waals surface area contributed by atoms with Crippen LogP contribution >= 0.6 is 0 Å². The minimum atomic E-state index is -4.73. The molecular weight excluding hydrogens is 271 g/mol. The van der Waals surface area contributed by atoms with Crippen molar-refractivity contribution in [2.45, 2.75) is 19.8 Å². The number of hydrogen-bond acceptors (Lipinski definition) is 3. The van der Waals surface area contributed by atoms with Gasteiger partial charge in [-0.05, 0) is 24.6 Å². The van der Waals surface area contributed by atoms with Crippen molar-refractivity contribution in [3.63, 3.8) is 0 Å². The van der Waals surface area contributed by atoms with Gasteiger partial charge in [-0.15, -0.1) is 13.2 Å². The molecule has 0 aliphatic rings. The van der Waals surface area contributed by atoms with Gasteiger partial charge in [0, 0.05) is 6.54 Å². The van der Waals surface area contributed by atoms with E-state index in [2.05, 4.69) is 9.46 Å². The van der Waals surface area contributed by atoms with Gasteiger partial charge < -0.3 is 4.74 Å². The summed E-state index contributed by atoms with van der Waals surface area (Å²) in [6.45, 7) is 1.52. The first-order valence-corrected chi connectivity index (χ1v) is 6.69. The Morgan fingerprint density at radius 1 is 1.22 bits per heavy atom. The lowest BCUT2D eigenvalue weighted by molar-refractivity contribution is -0.274. The zero-order valence-electron chi connectivity index (χ0n) is 9.49. The highest BCUT2D eigenvalue weighted by Gasteiger charge is 2.30. The van der Waals surface area contributed by atoms with Crippen molar-refractivity contribution < 1.29 is 26.3 Å². The molecule has 0 heterocycles. The summed E-state index contributed by atoms with van der Waals surface area (Å²) in [4.78, 5) is 0. The second-order valence-electron chi connectivity index (χ2n) is 3.42. The molecule has 4 nitrogen and oxygen atoms in total. The maximum Gasteiger partial charge on any atom is 0.573 e. The molecule has 0 unspecified atom stereocenters. The molecule has 0 saturated heterocycles. The molecule has 1 aromatic carbocycles. The second kappa shape index (κ2) is 5.57. The Morgan fingerprint density at radius 2 is 1.78 bits per heavy atom. The van der Waals surface area contributed by atoms with Gasteiger partial charge >= 0.3 is 6.36 Å². The highest BCUT2D eigenvalue weighted by molar-refractivity contribution is 7.89. The molecule has 1 aromatic rings. The van der Waals surface area contributed by atoms with Crippen LogP contribution in [-0.4, -0.2) is 20.5 Å². The lowest BCUT2D eigenvalue weighted by Crippen LogP contribution is -2.24. The zero-order valence-corrected chi connectivity index (χ0v) is 10.3. The highest BCUT2D eigenvalue weighted by atomic mass is 32.2. The van der Waals surface area contributed by atoms with E-state index >= 15 is 0 Å². The summed E-state index contributed by atoms with van der Waals surface area (Å²) in [6, 6.07) is 4.98. The molecular formula is C10H12F3NO3S. The van der Waals surface area contributed by atoms with E-state index in [0.29, 0.717) is 5.56 Å². The number of alkyl halides is 3. The number of rotatable bonds is 5. The fraction of sp³-hybridized carbons (Fsp3) is 0.400. The zero-order chi connectivity index (χ0) is 13.8.